The van der Waals surface area contributed by atoms with Crippen LogP contribution in [0, 0.1) is 0 Å². The number of rotatable bonds is 35. The maximum absolute atomic E-state index is 10.5. The molecule has 0 N–H and O–H groups in total. The third-order valence-corrected chi connectivity index (χ3v) is 8.36. The van der Waals surface area contributed by atoms with Crippen LogP contribution in [0.1, 0.15) is 122 Å². The number of hydrogen-bond donors (Lipinski definition) is 0. The van der Waals surface area contributed by atoms with E-state index in [4.69, 9.17) is 23.7 Å². The molecule has 0 aliphatic carbocycles. The second kappa shape index (κ2) is 31.4. The van der Waals surface area contributed by atoms with Crippen molar-refractivity contribution in [1.29, 1.82) is 0 Å². The first-order chi connectivity index (χ1) is 24.2. The number of unbranched alkanes of at least 4 members (excludes halogenated alkanes) is 15. The van der Waals surface area contributed by atoms with E-state index >= 15 is 0 Å². The Bertz CT molecular complexity index is 967. The van der Waals surface area contributed by atoms with Gasteiger partial charge in [-0.25, -0.2) is 9.97 Å². The molecule has 280 valence electrons. The van der Waals surface area contributed by atoms with Gasteiger partial charge in [-0.1, -0.05) is 103 Å². The molecule has 1 aliphatic rings. The zero-order chi connectivity index (χ0) is 34.9. The quantitative estimate of drug-likeness (QED) is 0.0629. The van der Waals surface area contributed by atoms with Crippen LogP contribution in [0.25, 0.3) is 0 Å². The van der Waals surface area contributed by atoms with Crippen molar-refractivity contribution in [2.24, 2.45) is 0 Å². The van der Waals surface area contributed by atoms with Gasteiger partial charge in [0.15, 0.2) is 6.20 Å². The van der Waals surface area contributed by atoms with Crippen LogP contribution in [-0.2, 0) is 23.7 Å². The molecule has 0 amide bonds. The zero-order valence-corrected chi connectivity index (χ0v) is 30.5. The molecule has 49 heavy (non-hydrogen) atoms. The smallest absolute Gasteiger partial charge is 0.316 e. The molecule has 0 saturated heterocycles. The van der Waals surface area contributed by atoms with Crippen LogP contribution in [-0.4, -0.2) is 104 Å². The summed E-state index contributed by atoms with van der Waals surface area (Å²) in [6.45, 7) is 7.70. The summed E-state index contributed by atoms with van der Waals surface area (Å²) >= 11 is 0. The second-order valence-corrected chi connectivity index (χ2v) is 12.8. The Hall–Kier alpha value is -2.60. The van der Waals surface area contributed by atoms with Crippen molar-refractivity contribution in [2.75, 3.05) is 66.1 Å². The van der Waals surface area contributed by atoms with Crippen LogP contribution < -0.4 is 9.84 Å². The number of aliphatic carboxylic acids is 1. The average molecular weight is 691 g/mol. The number of nitrogens with zero attached hydrogens (tertiary/aromatic N) is 4. The summed E-state index contributed by atoms with van der Waals surface area (Å²) in [5, 5.41) is 10.5. The van der Waals surface area contributed by atoms with Gasteiger partial charge < -0.3 is 38.5 Å². The molecule has 0 saturated carbocycles. The SMILES string of the molecule is CCCCCCCCCCCCCCCCCCOCC(COCCOCCOCCN1C=C[N+](=CCCC(=O)[O-])C1)Oc1ncccn1. The number of carboxylic acid groups (broad SMARTS) is 1. The predicted molar refractivity (Wildman–Crippen MR) is 191 cm³/mol. The van der Waals surface area contributed by atoms with Crippen LogP contribution in [0.3, 0.4) is 0 Å². The molecule has 0 fully saturated rings. The highest BCUT2D eigenvalue weighted by molar-refractivity contribution is 5.68. The van der Waals surface area contributed by atoms with Crippen molar-refractivity contribution in [1.82, 2.24) is 14.9 Å². The molecule has 0 spiro atoms. The van der Waals surface area contributed by atoms with Crippen molar-refractivity contribution >= 4 is 12.2 Å². The highest BCUT2D eigenvalue weighted by atomic mass is 16.6. The Labute approximate surface area is 296 Å². The zero-order valence-electron chi connectivity index (χ0n) is 30.5. The van der Waals surface area contributed by atoms with E-state index in [0.29, 0.717) is 72.0 Å². The van der Waals surface area contributed by atoms with Crippen molar-refractivity contribution < 1.29 is 38.2 Å². The third-order valence-electron chi connectivity index (χ3n) is 8.36. The summed E-state index contributed by atoms with van der Waals surface area (Å²) in [6, 6.07) is 2.08. The van der Waals surface area contributed by atoms with E-state index in [2.05, 4.69) is 21.8 Å². The van der Waals surface area contributed by atoms with E-state index in [1.165, 1.54) is 96.3 Å². The minimum Gasteiger partial charge on any atom is -0.550 e. The molecule has 1 unspecified atom stereocenters. The highest BCUT2D eigenvalue weighted by Gasteiger charge is 2.15. The summed E-state index contributed by atoms with van der Waals surface area (Å²) in [5.74, 6) is -1.03. The van der Waals surface area contributed by atoms with Gasteiger partial charge >= 0.3 is 6.01 Å². The molecule has 2 rings (SSSR count). The van der Waals surface area contributed by atoms with E-state index < -0.39 is 5.97 Å². The van der Waals surface area contributed by atoms with Gasteiger partial charge in [-0.05, 0) is 18.9 Å². The lowest BCUT2D eigenvalue weighted by molar-refractivity contribution is -0.460. The molecule has 0 aromatic carbocycles. The van der Waals surface area contributed by atoms with E-state index in [9.17, 15) is 9.90 Å². The number of carbonyl (C=O) groups excluding carboxylic acids is 1. The monoisotopic (exact) mass is 690 g/mol. The molecule has 0 bridgehead atoms. The summed E-state index contributed by atoms with van der Waals surface area (Å²) in [6.07, 6.45) is 30.9. The minimum absolute atomic E-state index is 0.0313. The molecule has 1 aromatic rings. The fraction of sp³-hybridized carbons (Fsp3) is 0.789. The van der Waals surface area contributed by atoms with E-state index in [-0.39, 0.29) is 12.5 Å². The Kier molecular flexibility index (Phi) is 27.3. The summed E-state index contributed by atoms with van der Waals surface area (Å²) in [5.41, 5.74) is 0. The number of carbonyl (C=O) groups is 1. The normalized spacial score (nSPS) is 14.2. The Morgan fingerprint density at radius 2 is 1.31 bits per heavy atom. The molecular formula is C38H66N4O7. The molecule has 1 atom stereocenters. The van der Waals surface area contributed by atoms with Crippen LogP contribution >= 0.6 is 0 Å². The third kappa shape index (κ3) is 26.0. The topological polar surface area (TPSA) is 118 Å². The standard InChI is InChI=1S/C38H66N4O7/c1-2-3-4-5-6-7-8-9-10-11-12-13-14-15-16-17-27-47-33-36(49-38-39-21-19-22-40-38)34-48-32-31-46-30-29-45-28-26-42-25-24-41(35-42)23-18-20-37(43)44/h19,21-25,36H,2-18,20,26-35H2,1H3. The number of hydrogen-bond acceptors (Lipinski definition) is 10. The van der Waals surface area contributed by atoms with Gasteiger partial charge in [0.25, 0.3) is 0 Å². The molecule has 0 radical (unpaired) electrons. The lowest BCUT2D eigenvalue weighted by Gasteiger charge is -2.18. The summed E-state index contributed by atoms with van der Waals surface area (Å²) in [4.78, 5) is 21.0. The van der Waals surface area contributed by atoms with Gasteiger partial charge in [0.05, 0.1) is 52.4 Å². The number of carboxylic acids is 1. The molecular weight excluding hydrogens is 624 g/mol. The van der Waals surface area contributed by atoms with E-state index in [1.807, 2.05) is 23.2 Å². The molecule has 2 heterocycles. The first kappa shape index (κ1) is 42.6. The van der Waals surface area contributed by atoms with Crippen LogP contribution in [0.15, 0.2) is 30.9 Å². The molecule has 11 nitrogen and oxygen atoms in total. The van der Waals surface area contributed by atoms with Crippen molar-refractivity contribution in [3.05, 3.63) is 30.9 Å². The largest absolute Gasteiger partial charge is 0.550 e. The van der Waals surface area contributed by atoms with Gasteiger partial charge in [-0.15, -0.1) is 0 Å². The van der Waals surface area contributed by atoms with Gasteiger partial charge in [0, 0.05) is 37.9 Å². The van der Waals surface area contributed by atoms with Crippen molar-refractivity contribution in [2.45, 2.75) is 129 Å². The predicted octanol–water partition coefficient (Wildman–Crippen LogP) is 5.91. The second-order valence-electron chi connectivity index (χ2n) is 12.8. The lowest BCUT2D eigenvalue weighted by atomic mass is 10.0. The van der Waals surface area contributed by atoms with Gasteiger partial charge in [-0.3, -0.25) is 0 Å². The molecule has 11 heteroatoms. The van der Waals surface area contributed by atoms with Crippen LogP contribution in [0.4, 0.5) is 0 Å². The minimum atomic E-state index is -1.03. The Morgan fingerprint density at radius 1 is 0.776 bits per heavy atom. The number of ether oxygens (including phenoxy) is 5. The Morgan fingerprint density at radius 3 is 1.90 bits per heavy atom. The molecule has 1 aromatic heterocycles. The first-order valence-electron chi connectivity index (χ1n) is 19.1. The van der Waals surface area contributed by atoms with Gasteiger partial charge in [0.1, 0.15) is 12.3 Å². The highest BCUT2D eigenvalue weighted by Crippen LogP contribution is 2.14. The van der Waals surface area contributed by atoms with Crippen LogP contribution in [0.5, 0.6) is 6.01 Å². The summed E-state index contributed by atoms with van der Waals surface area (Å²) < 4.78 is 31.0. The van der Waals surface area contributed by atoms with E-state index in [1.54, 1.807) is 18.5 Å². The summed E-state index contributed by atoms with van der Waals surface area (Å²) in [7, 11) is 0. The Balaban J connectivity index is 1.41. The number of aromatic nitrogens is 2. The van der Waals surface area contributed by atoms with Crippen LogP contribution in [0.2, 0.25) is 0 Å². The fourth-order valence-corrected chi connectivity index (χ4v) is 5.51. The maximum atomic E-state index is 10.5. The van der Waals surface area contributed by atoms with Gasteiger partial charge in [-0.2, -0.15) is 4.58 Å². The van der Waals surface area contributed by atoms with Crippen molar-refractivity contribution in [3.63, 3.8) is 0 Å². The van der Waals surface area contributed by atoms with Gasteiger partial charge in [0.2, 0.25) is 6.67 Å². The lowest BCUT2D eigenvalue weighted by Crippen LogP contribution is -2.30. The first-order valence-corrected chi connectivity index (χ1v) is 19.1. The van der Waals surface area contributed by atoms with Crippen molar-refractivity contribution in [3.8, 4) is 6.01 Å². The maximum Gasteiger partial charge on any atom is 0.316 e. The van der Waals surface area contributed by atoms with E-state index in [0.717, 1.165) is 13.0 Å². The molecule has 1 aliphatic heterocycles. The average Bonchev–Trinajstić information content (AvgIpc) is 3.56. The fourth-order valence-electron chi connectivity index (χ4n) is 5.51.